The molecule has 2 aromatic rings. The van der Waals surface area contributed by atoms with E-state index in [9.17, 15) is 4.79 Å². The quantitative estimate of drug-likeness (QED) is 0.857. The smallest absolute Gasteiger partial charge is 0.250 e. The van der Waals surface area contributed by atoms with Crippen molar-refractivity contribution in [3.63, 3.8) is 0 Å². The molecule has 0 radical (unpaired) electrons. The second-order valence-electron chi connectivity index (χ2n) is 3.89. The first kappa shape index (κ1) is 12.5. The highest BCUT2D eigenvalue weighted by Crippen LogP contribution is 2.20. The van der Waals surface area contributed by atoms with Crippen molar-refractivity contribution in [1.29, 1.82) is 0 Å². The van der Waals surface area contributed by atoms with Gasteiger partial charge in [-0.05, 0) is 25.5 Å². The summed E-state index contributed by atoms with van der Waals surface area (Å²) in [6, 6.07) is 9.71. The third-order valence-electron chi connectivity index (χ3n) is 2.49. The van der Waals surface area contributed by atoms with Gasteiger partial charge in [-0.15, -0.1) is 11.3 Å². The first-order valence-electron chi connectivity index (χ1n) is 5.63. The van der Waals surface area contributed by atoms with Crippen LogP contribution in [0.1, 0.15) is 16.1 Å². The SMILES string of the molecule is Cc1nc(NC(=O)C=Cc2ccccc2)sc1C. The van der Waals surface area contributed by atoms with Gasteiger partial charge < -0.3 is 0 Å². The number of nitrogens with zero attached hydrogens (tertiary/aromatic N) is 1. The van der Waals surface area contributed by atoms with Crippen molar-refractivity contribution in [2.75, 3.05) is 5.32 Å². The number of carbonyl (C=O) groups excluding carboxylic acids is 1. The molecule has 0 atom stereocenters. The molecule has 92 valence electrons. The molecule has 0 spiro atoms. The lowest BCUT2D eigenvalue weighted by atomic mass is 10.2. The summed E-state index contributed by atoms with van der Waals surface area (Å²) in [5.41, 5.74) is 1.96. The number of aryl methyl sites for hydroxylation is 2. The Balaban J connectivity index is 1.99. The van der Waals surface area contributed by atoms with Gasteiger partial charge in [-0.1, -0.05) is 30.3 Å². The fourth-order valence-corrected chi connectivity index (χ4v) is 2.23. The van der Waals surface area contributed by atoms with Crippen LogP contribution in [0.5, 0.6) is 0 Å². The summed E-state index contributed by atoms with van der Waals surface area (Å²) in [7, 11) is 0. The molecule has 3 nitrogen and oxygen atoms in total. The van der Waals surface area contributed by atoms with Gasteiger partial charge in [-0.3, -0.25) is 10.1 Å². The molecule has 0 bridgehead atoms. The van der Waals surface area contributed by atoms with Crippen molar-refractivity contribution in [2.24, 2.45) is 0 Å². The van der Waals surface area contributed by atoms with Crippen LogP contribution in [-0.2, 0) is 4.79 Å². The Morgan fingerprint density at radius 2 is 2.00 bits per heavy atom. The maximum Gasteiger partial charge on any atom is 0.250 e. The highest BCUT2D eigenvalue weighted by atomic mass is 32.1. The first-order valence-corrected chi connectivity index (χ1v) is 6.45. The molecule has 4 heteroatoms. The highest BCUT2D eigenvalue weighted by Gasteiger charge is 2.05. The standard InChI is InChI=1S/C14H14N2OS/c1-10-11(2)18-14(15-10)16-13(17)9-8-12-6-4-3-5-7-12/h3-9H,1-2H3,(H,15,16,17). The van der Waals surface area contributed by atoms with Crippen molar-refractivity contribution in [2.45, 2.75) is 13.8 Å². The van der Waals surface area contributed by atoms with Gasteiger partial charge in [0.15, 0.2) is 5.13 Å². The molecule has 18 heavy (non-hydrogen) atoms. The number of rotatable bonds is 3. The molecule has 0 saturated heterocycles. The van der Waals surface area contributed by atoms with Crippen LogP contribution in [0.3, 0.4) is 0 Å². The Morgan fingerprint density at radius 1 is 1.28 bits per heavy atom. The number of aromatic nitrogens is 1. The third kappa shape index (κ3) is 3.28. The molecule has 0 aliphatic heterocycles. The third-order valence-corrected chi connectivity index (χ3v) is 3.47. The Hall–Kier alpha value is -1.94. The van der Waals surface area contributed by atoms with Crippen LogP contribution in [0.15, 0.2) is 36.4 Å². The fourth-order valence-electron chi connectivity index (χ4n) is 1.41. The zero-order chi connectivity index (χ0) is 13.0. The highest BCUT2D eigenvalue weighted by molar-refractivity contribution is 7.15. The summed E-state index contributed by atoms with van der Waals surface area (Å²) in [6.45, 7) is 3.92. The molecule has 0 unspecified atom stereocenters. The molecule has 1 N–H and O–H groups in total. The summed E-state index contributed by atoms with van der Waals surface area (Å²) >= 11 is 1.49. The minimum absolute atomic E-state index is 0.160. The van der Waals surface area contributed by atoms with Crippen molar-refractivity contribution in [3.8, 4) is 0 Å². The van der Waals surface area contributed by atoms with E-state index in [4.69, 9.17) is 0 Å². The van der Waals surface area contributed by atoms with Crippen molar-refractivity contribution < 1.29 is 4.79 Å². The minimum atomic E-state index is -0.160. The molecular weight excluding hydrogens is 244 g/mol. The van der Waals surface area contributed by atoms with E-state index in [0.717, 1.165) is 16.1 Å². The number of thiazole rings is 1. The predicted octanol–water partition coefficient (Wildman–Crippen LogP) is 3.41. The normalized spacial score (nSPS) is 10.8. The van der Waals surface area contributed by atoms with E-state index in [2.05, 4.69) is 10.3 Å². The summed E-state index contributed by atoms with van der Waals surface area (Å²) in [4.78, 5) is 17.1. The molecule has 2 rings (SSSR count). The molecule has 1 aromatic heterocycles. The van der Waals surface area contributed by atoms with E-state index in [1.54, 1.807) is 6.08 Å². The first-order chi connectivity index (χ1) is 8.65. The van der Waals surface area contributed by atoms with Crippen LogP contribution in [0.25, 0.3) is 6.08 Å². The van der Waals surface area contributed by atoms with E-state index in [1.165, 1.54) is 17.4 Å². The van der Waals surface area contributed by atoms with Crippen molar-refractivity contribution >= 4 is 28.5 Å². The Bertz CT molecular complexity index is 553. The largest absolute Gasteiger partial charge is 0.298 e. The van der Waals surface area contributed by atoms with Gasteiger partial charge in [0, 0.05) is 11.0 Å². The molecule has 1 aromatic carbocycles. The maximum absolute atomic E-state index is 11.7. The monoisotopic (exact) mass is 258 g/mol. The van der Waals surface area contributed by atoms with E-state index in [-0.39, 0.29) is 5.91 Å². The topological polar surface area (TPSA) is 42.0 Å². The summed E-state index contributed by atoms with van der Waals surface area (Å²) in [5, 5.41) is 3.40. The molecule has 0 aliphatic carbocycles. The molecular formula is C14H14N2OS. The van der Waals surface area contributed by atoms with Gasteiger partial charge in [-0.2, -0.15) is 0 Å². The lowest BCUT2D eigenvalue weighted by Crippen LogP contribution is -2.07. The lowest BCUT2D eigenvalue weighted by molar-refractivity contribution is -0.111. The summed E-state index contributed by atoms with van der Waals surface area (Å²) < 4.78 is 0. The van der Waals surface area contributed by atoms with Gasteiger partial charge in [0.25, 0.3) is 0 Å². The number of benzene rings is 1. The maximum atomic E-state index is 11.7. The number of nitrogens with one attached hydrogen (secondary N) is 1. The molecule has 0 aliphatic rings. The minimum Gasteiger partial charge on any atom is -0.298 e. The van der Waals surface area contributed by atoms with Gasteiger partial charge in [0.05, 0.1) is 5.69 Å². The van der Waals surface area contributed by atoms with Gasteiger partial charge >= 0.3 is 0 Å². The summed E-state index contributed by atoms with van der Waals surface area (Å²) in [6.07, 6.45) is 3.30. The van der Waals surface area contributed by atoms with Crippen LogP contribution < -0.4 is 5.32 Å². The average molecular weight is 258 g/mol. The Labute approximate surface area is 110 Å². The van der Waals surface area contributed by atoms with Crippen LogP contribution in [0.4, 0.5) is 5.13 Å². The fraction of sp³-hybridized carbons (Fsp3) is 0.143. The van der Waals surface area contributed by atoms with E-state index < -0.39 is 0 Å². The van der Waals surface area contributed by atoms with E-state index >= 15 is 0 Å². The molecule has 0 saturated carbocycles. The van der Waals surface area contributed by atoms with E-state index in [0.29, 0.717) is 5.13 Å². The van der Waals surface area contributed by atoms with Crippen LogP contribution in [0, 0.1) is 13.8 Å². The summed E-state index contributed by atoms with van der Waals surface area (Å²) in [5.74, 6) is -0.160. The number of carbonyl (C=O) groups is 1. The number of hydrogen-bond donors (Lipinski definition) is 1. The number of hydrogen-bond acceptors (Lipinski definition) is 3. The van der Waals surface area contributed by atoms with Gasteiger partial charge in [-0.25, -0.2) is 4.98 Å². The van der Waals surface area contributed by atoms with Crippen LogP contribution >= 0.6 is 11.3 Å². The van der Waals surface area contributed by atoms with Gasteiger partial charge in [0.2, 0.25) is 5.91 Å². The molecule has 0 fully saturated rings. The number of anilines is 1. The number of amides is 1. The molecule has 1 amide bonds. The average Bonchev–Trinajstić information content (AvgIpc) is 2.67. The zero-order valence-corrected chi connectivity index (χ0v) is 11.1. The van der Waals surface area contributed by atoms with E-state index in [1.807, 2.05) is 44.2 Å². The predicted molar refractivity (Wildman–Crippen MR) is 75.7 cm³/mol. The van der Waals surface area contributed by atoms with Crippen LogP contribution in [-0.4, -0.2) is 10.9 Å². The Kier molecular flexibility index (Phi) is 3.89. The lowest BCUT2D eigenvalue weighted by Gasteiger charge is -1.95. The van der Waals surface area contributed by atoms with Crippen molar-refractivity contribution in [1.82, 2.24) is 4.98 Å². The van der Waals surface area contributed by atoms with Crippen LogP contribution in [0.2, 0.25) is 0 Å². The Morgan fingerprint density at radius 3 is 2.61 bits per heavy atom. The second kappa shape index (κ2) is 5.60. The second-order valence-corrected chi connectivity index (χ2v) is 5.10. The zero-order valence-electron chi connectivity index (χ0n) is 10.3. The molecule has 1 heterocycles. The van der Waals surface area contributed by atoms with Gasteiger partial charge in [0.1, 0.15) is 0 Å². The van der Waals surface area contributed by atoms with Crippen molar-refractivity contribution in [3.05, 3.63) is 52.5 Å².